The Hall–Kier alpha value is -6.67. The summed E-state index contributed by atoms with van der Waals surface area (Å²) in [7, 11) is -8.63. The number of pyridine rings is 2. The van der Waals surface area contributed by atoms with E-state index in [-0.39, 0.29) is 76.8 Å². The molecule has 2 aromatic carbocycles. The zero-order valence-corrected chi connectivity index (χ0v) is 46.9. The first kappa shape index (κ1) is 60.9. The number of halogens is 11. The third-order valence-electron chi connectivity index (χ3n) is 14.7. The van der Waals surface area contributed by atoms with Crippen LogP contribution in [0.15, 0.2) is 99.7 Å². The Labute approximate surface area is 477 Å². The number of sulfonamides is 2. The molecule has 4 aliphatic rings. The molecule has 438 valence electrons. The maximum Gasteiger partial charge on any atom is 0.451 e. The van der Waals surface area contributed by atoms with Gasteiger partial charge < -0.3 is 0 Å². The Morgan fingerprint density at radius 1 is 0.614 bits per heavy atom. The van der Waals surface area contributed by atoms with E-state index in [0.29, 0.717) is 38.4 Å². The van der Waals surface area contributed by atoms with Crippen LogP contribution in [-0.4, -0.2) is 103 Å². The first-order valence-electron chi connectivity index (χ1n) is 25.9. The molecule has 4 fully saturated rings. The second-order valence-electron chi connectivity index (χ2n) is 20.6. The van der Waals surface area contributed by atoms with Crippen molar-refractivity contribution in [1.82, 2.24) is 38.5 Å². The molecule has 10 rings (SSSR count). The number of Topliss-reactive ketones (excluding diaryl/α,β-unsaturated/α-hetero) is 2. The van der Waals surface area contributed by atoms with Crippen LogP contribution in [-0.2, 0) is 54.8 Å². The Bertz CT molecular complexity index is 3700. The normalized spacial score (nSPS) is 21.5. The highest BCUT2D eigenvalue weighted by molar-refractivity contribution is 9.10. The summed E-state index contributed by atoms with van der Waals surface area (Å²) in [6, 6.07) is 8.53. The fourth-order valence-electron chi connectivity index (χ4n) is 10.1. The third kappa shape index (κ3) is 13.2. The average molecular weight is 1270 g/mol. The van der Waals surface area contributed by atoms with Crippen molar-refractivity contribution in [3.63, 3.8) is 0 Å². The summed E-state index contributed by atoms with van der Waals surface area (Å²) >= 11 is 3.51. The lowest BCUT2D eigenvalue weighted by atomic mass is 9.96. The van der Waals surface area contributed by atoms with Gasteiger partial charge in [-0.15, -0.1) is 0 Å². The van der Waals surface area contributed by atoms with Crippen molar-refractivity contribution < 1.29 is 70.3 Å². The van der Waals surface area contributed by atoms with Crippen LogP contribution in [0, 0.1) is 23.0 Å². The molecule has 0 bridgehead atoms. The fourth-order valence-corrected chi connectivity index (χ4v) is 14.5. The predicted molar refractivity (Wildman–Crippen MR) is 280 cm³/mol. The quantitative estimate of drug-likeness (QED) is 0.0827. The van der Waals surface area contributed by atoms with Crippen LogP contribution >= 0.6 is 15.9 Å². The summed E-state index contributed by atoms with van der Waals surface area (Å²) in [5.41, 5.74) is 3.42. The number of ketones is 2. The zero-order valence-electron chi connectivity index (χ0n) is 43.7. The lowest BCUT2D eigenvalue weighted by molar-refractivity contribution is -0.145. The van der Waals surface area contributed by atoms with Crippen LogP contribution in [0.2, 0.25) is 0 Å². The van der Waals surface area contributed by atoms with E-state index in [1.54, 1.807) is 6.07 Å². The second kappa shape index (κ2) is 23.8. The summed E-state index contributed by atoms with van der Waals surface area (Å²) in [6.45, 7) is 2.75. The molecule has 0 N–H and O–H groups in total. The van der Waals surface area contributed by atoms with Gasteiger partial charge in [-0.1, -0.05) is 0 Å². The van der Waals surface area contributed by atoms with Crippen LogP contribution < -0.4 is 0 Å². The molecule has 2 aliphatic heterocycles. The summed E-state index contributed by atoms with van der Waals surface area (Å²) < 4.78 is 190. The lowest BCUT2D eigenvalue weighted by Crippen LogP contribution is -2.44. The first-order valence-corrected chi connectivity index (χ1v) is 29.6. The Morgan fingerprint density at radius 3 is 1.35 bits per heavy atom. The van der Waals surface area contributed by atoms with E-state index in [1.807, 2.05) is 0 Å². The fraction of sp³-hybridized carbons (Fsp3) is 0.400. The SMILES string of the molecule is C[C@H]1[C@H](F)C[C@@H](C(=O)CCc2cc(-c3cnc(C(F)(F)F)nc3)c(Br)c(C3CC3)n2)N1S(=O)(=O)c1ccc(F)cc1.C[C@H]1[C@H](F)C[C@@H](C(=O)CCc2cc(-c3cnc(C(F)(F)F)nc3)c(C#N)c(C3CC3)n2)N1S(=O)(=O)c1ccc(F)cc1. The van der Waals surface area contributed by atoms with E-state index in [0.717, 1.165) is 108 Å². The molecule has 15 nitrogen and oxygen atoms in total. The molecule has 0 radical (unpaired) electrons. The molecule has 4 aromatic heterocycles. The molecular weight excluding hydrogens is 1220 g/mol. The number of nitriles is 1. The standard InChI is InChI=1S/C28H24F5N5O3S.C27H24BrF5N4O3S/c1-15-23(30)11-24(38(15)42(40,41)20-7-4-18(29)5-8-20)25(39)9-6-19-10-21(22(12-34)26(37-19)16-2-3-16)17-13-35-27(36-14-17)28(31,32)33;1-14-21(30)11-22(37(14)41(39,40)19-7-4-17(29)5-8-19)23(38)9-6-18-10-20(24(28)25(36-18)15-2-3-15)16-12-34-26(35-13-16)27(31,32)33/h4-5,7-8,10,13-16,23-24H,2-3,6,9,11H2,1H3;4-5,7-8,10,12-15,21-22H,2-3,6,9,11H2,1H3/t15-,23+,24-;14-,21+,22-/m00/s1. The number of benzene rings is 2. The van der Waals surface area contributed by atoms with E-state index in [4.69, 9.17) is 0 Å². The maximum absolute atomic E-state index is 14.8. The number of nitrogens with zero attached hydrogens (tertiary/aromatic N) is 9. The molecular formula is C55H48BrF10N9O6S2. The smallest absolute Gasteiger partial charge is 0.298 e. The molecule has 6 atom stereocenters. The lowest BCUT2D eigenvalue weighted by Gasteiger charge is -2.26. The molecule has 2 aliphatic carbocycles. The van der Waals surface area contributed by atoms with Gasteiger partial charge in [0.25, 0.3) is 0 Å². The minimum Gasteiger partial charge on any atom is -0.298 e. The van der Waals surface area contributed by atoms with Gasteiger partial charge in [0.05, 0.1) is 50.9 Å². The van der Waals surface area contributed by atoms with Gasteiger partial charge in [0, 0.05) is 100 Å². The number of alkyl halides is 8. The largest absolute Gasteiger partial charge is 0.451 e. The van der Waals surface area contributed by atoms with Crippen molar-refractivity contribution in [2.24, 2.45) is 0 Å². The van der Waals surface area contributed by atoms with Gasteiger partial charge in [-0.2, -0.15) is 40.2 Å². The Morgan fingerprint density at radius 2 is 0.976 bits per heavy atom. The summed E-state index contributed by atoms with van der Waals surface area (Å²) in [5, 5.41) is 9.85. The van der Waals surface area contributed by atoms with Crippen molar-refractivity contribution >= 4 is 47.5 Å². The van der Waals surface area contributed by atoms with Crippen LogP contribution in [0.3, 0.4) is 0 Å². The first-order chi connectivity index (χ1) is 39.1. The highest BCUT2D eigenvalue weighted by Crippen LogP contribution is 2.46. The molecule has 28 heteroatoms. The number of rotatable bonds is 16. The van der Waals surface area contributed by atoms with Crippen LogP contribution in [0.1, 0.15) is 117 Å². The van der Waals surface area contributed by atoms with Crippen molar-refractivity contribution in [3.8, 4) is 28.3 Å². The monoisotopic (exact) mass is 1260 g/mol. The minimum atomic E-state index is -4.74. The summed E-state index contributed by atoms with van der Waals surface area (Å²) in [5.74, 6) is -4.81. The van der Waals surface area contributed by atoms with E-state index in [9.17, 15) is 75.6 Å². The maximum atomic E-state index is 14.8. The van der Waals surface area contributed by atoms with Gasteiger partial charge >= 0.3 is 12.4 Å². The molecule has 0 amide bonds. The minimum absolute atomic E-state index is 0.00498. The molecule has 6 aromatic rings. The number of carbonyl (C=O) groups is 2. The zero-order chi connectivity index (χ0) is 60.1. The number of hydrogen-bond acceptors (Lipinski definition) is 13. The highest BCUT2D eigenvalue weighted by atomic mass is 79.9. The van der Waals surface area contributed by atoms with Gasteiger partial charge in [-0.25, -0.2) is 54.3 Å². The highest BCUT2D eigenvalue weighted by Gasteiger charge is 2.50. The molecule has 83 heavy (non-hydrogen) atoms. The molecule has 2 saturated carbocycles. The van der Waals surface area contributed by atoms with Gasteiger partial charge in [-0.05, 0) is 129 Å². The van der Waals surface area contributed by atoms with Crippen molar-refractivity contribution in [1.29, 1.82) is 5.26 Å². The van der Waals surface area contributed by atoms with E-state index < -0.39 is 104 Å². The average Bonchev–Trinajstić information content (AvgIpc) is 3.41. The molecule has 6 heterocycles. The second-order valence-corrected chi connectivity index (χ2v) is 25.0. The van der Waals surface area contributed by atoms with Crippen LogP contribution in [0.25, 0.3) is 22.3 Å². The molecule has 2 saturated heterocycles. The Kier molecular flexibility index (Phi) is 17.4. The third-order valence-corrected chi connectivity index (χ3v) is 19.6. The number of aryl methyl sites for hydroxylation is 2. The number of aromatic nitrogens is 6. The van der Waals surface area contributed by atoms with Crippen LogP contribution in [0.5, 0.6) is 0 Å². The number of hydrogen-bond donors (Lipinski definition) is 0. The van der Waals surface area contributed by atoms with E-state index >= 15 is 0 Å². The van der Waals surface area contributed by atoms with E-state index in [1.165, 1.54) is 19.9 Å². The van der Waals surface area contributed by atoms with Crippen LogP contribution in [0.4, 0.5) is 43.9 Å². The van der Waals surface area contributed by atoms with Gasteiger partial charge in [-0.3, -0.25) is 19.6 Å². The predicted octanol–water partition coefficient (Wildman–Crippen LogP) is 11.2. The van der Waals surface area contributed by atoms with Crippen molar-refractivity contribution in [2.45, 2.75) is 149 Å². The summed E-state index contributed by atoms with van der Waals surface area (Å²) in [6.07, 6.45) is -6.16. The van der Waals surface area contributed by atoms with E-state index in [2.05, 4.69) is 51.9 Å². The topological polar surface area (TPSA) is 210 Å². The van der Waals surface area contributed by atoms with Crippen molar-refractivity contribution in [2.75, 3.05) is 0 Å². The van der Waals surface area contributed by atoms with Gasteiger partial charge in [0.15, 0.2) is 11.6 Å². The molecule has 0 unspecified atom stereocenters. The number of carbonyl (C=O) groups excluding carboxylic acids is 2. The van der Waals surface area contributed by atoms with Gasteiger partial charge in [0.2, 0.25) is 31.7 Å². The van der Waals surface area contributed by atoms with Crippen molar-refractivity contribution in [3.05, 3.63) is 142 Å². The Balaban J connectivity index is 0.000000200. The van der Waals surface area contributed by atoms with Gasteiger partial charge in [0.1, 0.15) is 30.0 Å². The summed E-state index contributed by atoms with van der Waals surface area (Å²) in [4.78, 5) is 49.1. The molecule has 0 spiro atoms.